The Balaban J connectivity index is 1.90. The predicted molar refractivity (Wildman–Crippen MR) is 92.8 cm³/mol. The maximum Gasteiger partial charge on any atom is 0.269 e. The van der Waals surface area contributed by atoms with E-state index in [0.717, 1.165) is 0 Å². The summed E-state index contributed by atoms with van der Waals surface area (Å²) in [6.45, 7) is 4.14. The van der Waals surface area contributed by atoms with Crippen LogP contribution in [-0.2, 0) is 6.61 Å². The zero-order chi connectivity index (χ0) is 18.0. The van der Waals surface area contributed by atoms with Crippen LogP contribution in [-0.4, -0.2) is 21.8 Å². The third-order valence-electron chi connectivity index (χ3n) is 3.50. The summed E-state index contributed by atoms with van der Waals surface area (Å²) in [6.07, 6.45) is 0. The summed E-state index contributed by atoms with van der Waals surface area (Å²) >= 11 is 1.27. The van der Waals surface area contributed by atoms with E-state index < -0.39 is 0 Å². The van der Waals surface area contributed by atoms with Crippen molar-refractivity contribution in [3.63, 3.8) is 0 Å². The molecule has 0 unspecified atom stereocenters. The number of rotatable bonds is 5. The van der Waals surface area contributed by atoms with Gasteiger partial charge in [-0.25, -0.2) is 13.8 Å². The van der Waals surface area contributed by atoms with E-state index in [2.05, 4.69) is 10.3 Å². The quantitative estimate of drug-likeness (QED) is 0.758. The first kappa shape index (κ1) is 17.1. The topological polar surface area (TPSA) is 72.7 Å². The number of carbonyl (C=O) groups is 1. The van der Waals surface area contributed by atoms with Crippen LogP contribution in [0.5, 0.6) is 5.75 Å². The van der Waals surface area contributed by atoms with Crippen LogP contribution < -0.4 is 15.6 Å². The molecule has 3 rings (SSSR count). The summed E-state index contributed by atoms with van der Waals surface area (Å²) in [5.41, 5.74) is 0.414. The van der Waals surface area contributed by atoms with Gasteiger partial charge in [0.05, 0.1) is 5.69 Å². The zero-order valence-corrected chi connectivity index (χ0v) is 14.5. The lowest BCUT2D eigenvalue weighted by Crippen LogP contribution is -2.28. The first-order valence-corrected chi connectivity index (χ1v) is 8.50. The second kappa shape index (κ2) is 7.02. The number of hydrogen-bond acceptors (Lipinski definition) is 5. The summed E-state index contributed by atoms with van der Waals surface area (Å²) in [5.74, 6) is -0.170. The van der Waals surface area contributed by atoms with Gasteiger partial charge in [-0.3, -0.25) is 9.59 Å². The fraction of sp³-hybridized carbons (Fsp3) is 0.235. The van der Waals surface area contributed by atoms with Crippen molar-refractivity contribution >= 4 is 22.2 Å². The van der Waals surface area contributed by atoms with Crippen molar-refractivity contribution in [2.24, 2.45) is 0 Å². The second-order valence-electron chi connectivity index (χ2n) is 5.31. The Morgan fingerprint density at radius 1 is 1.36 bits per heavy atom. The average molecular weight is 361 g/mol. The molecule has 0 bridgehead atoms. The van der Waals surface area contributed by atoms with Crippen molar-refractivity contribution in [3.05, 3.63) is 62.8 Å². The van der Waals surface area contributed by atoms with Crippen LogP contribution in [0.3, 0.4) is 0 Å². The number of nitrogens with one attached hydrogen (secondary N) is 1. The number of halogens is 1. The fourth-order valence-corrected chi connectivity index (χ4v) is 3.38. The smallest absolute Gasteiger partial charge is 0.269 e. The van der Waals surface area contributed by atoms with E-state index in [1.807, 2.05) is 6.92 Å². The molecule has 0 saturated heterocycles. The van der Waals surface area contributed by atoms with Crippen molar-refractivity contribution < 1.29 is 13.9 Å². The summed E-state index contributed by atoms with van der Waals surface area (Å²) in [5, 5.41) is 2.70. The number of amides is 1. The lowest BCUT2D eigenvalue weighted by atomic mass is 10.3. The van der Waals surface area contributed by atoms with Gasteiger partial charge in [0, 0.05) is 17.5 Å². The largest absolute Gasteiger partial charge is 0.487 e. The molecule has 130 valence electrons. The molecule has 1 aromatic carbocycles. The van der Waals surface area contributed by atoms with Gasteiger partial charge in [0.1, 0.15) is 23.9 Å². The molecule has 0 saturated carbocycles. The molecule has 6 nitrogen and oxygen atoms in total. The van der Waals surface area contributed by atoms with E-state index >= 15 is 0 Å². The van der Waals surface area contributed by atoms with Gasteiger partial charge in [-0.15, -0.1) is 11.3 Å². The van der Waals surface area contributed by atoms with Crippen LogP contribution >= 0.6 is 11.3 Å². The first-order valence-electron chi connectivity index (χ1n) is 7.68. The van der Waals surface area contributed by atoms with Gasteiger partial charge in [0.15, 0.2) is 4.96 Å². The second-order valence-corrected chi connectivity index (χ2v) is 6.49. The molecule has 8 heteroatoms. The maximum absolute atomic E-state index is 12.9. The zero-order valence-electron chi connectivity index (χ0n) is 13.7. The molecule has 0 fully saturated rings. The summed E-state index contributed by atoms with van der Waals surface area (Å²) in [6, 6.07) is 6.93. The lowest BCUT2D eigenvalue weighted by Gasteiger charge is -2.06. The normalized spacial score (nSPS) is 10.8. The van der Waals surface area contributed by atoms with Gasteiger partial charge in [-0.2, -0.15) is 0 Å². The van der Waals surface area contributed by atoms with Gasteiger partial charge in [0.2, 0.25) is 0 Å². The van der Waals surface area contributed by atoms with E-state index in [9.17, 15) is 14.0 Å². The van der Waals surface area contributed by atoms with Crippen molar-refractivity contribution in [2.45, 2.75) is 20.5 Å². The highest BCUT2D eigenvalue weighted by atomic mass is 32.1. The number of hydrogen-bond donors (Lipinski definition) is 1. The Labute approximate surface area is 146 Å². The minimum atomic E-state index is -0.350. The van der Waals surface area contributed by atoms with Crippen LogP contribution in [0.4, 0.5) is 4.39 Å². The van der Waals surface area contributed by atoms with E-state index in [-0.39, 0.29) is 23.9 Å². The van der Waals surface area contributed by atoms with Crippen LogP contribution in [0.2, 0.25) is 0 Å². The van der Waals surface area contributed by atoms with Gasteiger partial charge < -0.3 is 10.1 Å². The van der Waals surface area contributed by atoms with Gasteiger partial charge >= 0.3 is 0 Å². The molecule has 1 amide bonds. The summed E-state index contributed by atoms with van der Waals surface area (Å²) in [4.78, 5) is 30.2. The van der Waals surface area contributed by atoms with E-state index in [1.165, 1.54) is 46.1 Å². The van der Waals surface area contributed by atoms with Crippen LogP contribution in [0.1, 0.15) is 28.0 Å². The molecule has 0 spiro atoms. The number of benzene rings is 1. The maximum atomic E-state index is 12.9. The Kier molecular flexibility index (Phi) is 4.80. The highest BCUT2D eigenvalue weighted by Gasteiger charge is 2.18. The van der Waals surface area contributed by atoms with Crippen LogP contribution in [0.25, 0.3) is 4.96 Å². The molecule has 2 aromatic heterocycles. The third kappa shape index (κ3) is 3.53. The van der Waals surface area contributed by atoms with Crippen molar-refractivity contribution in [2.75, 3.05) is 6.54 Å². The molecule has 0 radical (unpaired) electrons. The van der Waals surface area contributed by atoms with Crippen LogP contribution in [0.15, 0.2) is 35.1 Å². The average Bonchev–Trinajstić information content (AvgIpc) is 2.91. The molecule has 2 heterocycles. The Hall–Kier alpha value is -2.74. The summed E-state index contributed by atoms with van der Waals surface area (Å²) < 4.78 is 19.7. The molecular formula is C17H16FN3O3S. The Bertz CT molecular complexity index is 979. The first-order chi connectivity index (χ1) is 12.0. The third-order valence-corrected chi connectivity index (χ3v) is 4.45. The number of fused-ring (bicyclic) bond motifs is 1. The van der Waals surface area contributed by atoms with E-state index in [1.54, 1.807) is 6.92 Å². The van der Waals surface area contributed by atoms with Crippen molar-refractivity contribution in [1.29, 1.82) is 0 Å². The Morgan fingerprint density at radius 3 is 2.76 bits per heavy atom. The molecule has 0 aliphatic rings. The van der Waals surface area contributed by atoms with E-state index in [4.69, 9.17) is 4.74 Å². The standard InChI is InChI=1S/C17H16FN3O3S/c1-3-19-16(23)15-10(2)25-17-20-12(8-14(22)21(15)17)9-24-13-6-4-11(18)5-7-13/h4-8H,3,9H2,1-2H3,(H,19,23). The number of aromatic nitrogens is 2. The van der Waals surface area contributed by atoms with Crippen LogP contribution in [0, 0.1) is 12.7 Å². The van der Waals surface area contributed by atoms with Gasteiger partial charge in [0.25, 0.3) is 11.5 Å². The van der Waals surface area contributed by atoms with Gasteiger partial charge in [-0.1, -0.05) is 0 Å². The molecule has 0 atom stereocenters. The highest BCUT2D eigenvalue weighted by molar-refractivity contribution is 7.17. The van der Waals surface area contributed by atoms with Crippen molar-refractivity contribution in [1.82, 2.24) is 14.7 Å². The van der Waals surface area contributed by atoms with Crippen molar-refractivity contribution in [3.8, 4) is 5.75 Å². The van der Waals surface area contributed by atoms with E-state index in [0.29, 0.717) is 33.5 Å². The number of thiazole rings is 1. The molecule has 25 heavy (non-hydrogen) atoms. The number of ether oxygens (including phenoxy) is 1. The summed E-state index contributed by atoms with van der Waals surface area (Å²) in [7, 11) is 0. The molecule has 3 aromatic rings. The molecule has 0 aliphatic carbocycles. The minimum Gasteiger partial charge on any atom is -0.487 e. The molecular weight excluding hydrogens is 345 g/mol. The number of aryl methyl sites for hydroxylation is 1. The predicted octanol–water partition coefficient (Wildman–Crippen LogP) is 2.53. The Morgan fingerprint density at radius 2 is 2.08 bits per heavy atom. The van der Waals surface area contributed by atoms with Gasteiger partial charge in [-0.05, 0) is 38.1 Å². The minimum absolute atomic E-state index is 0.0742. The molecule has 0 aliphatic heterocycles. The number of nitrogens with zero attached hydrogens (tertiary/aromatic N) is 2. The lowest BCUT2D eigenvalue weighted by molar-refractivity contribution is 0.0949. The number of carbonyl (C=O) groups excluding carboxylic acids is 1. The SMILES string of the molecule is CCNC(=O)c1c(C)sc2nc(COc3ccc(F)cc3)cc(=O)n12. The highest BCUT2D eigenvalue weighted by Crippen LogP contribution is 2.20. The fourth-order valence-electron chi connectivity index (χ4n) is 2.39. The monoisotopic (exact) mass is 361 g/mol. The molecule has 1 N–H and O–H groups in total.